The molecule has 2 atom stereocenters. The maximum absolute atomic E-state index is 12.4. The molecule has 0 amide bonds. The van der Waals surface area contributed by atoms with Crippen molar-refractivity contribution in [2.45, 2.75) is 43.2 Å². The highest BCUT2D eigenvalue weighted by molar-refractivity contribution is 7.89. The van der Waals surface area contributed by atoms with Crippen LogP contribution in [0.15, 0.2) is 29.2 Å². The summed E-state index contributed by atoms with van der Waals surface area (Å²) < 4.78 is 32.7. The summed E-state index contributed by atoms with van der Waals surface area (Å²) in [6.45, 7) is 3.12. The van der Waals surface area contributed by atoms with E-state index in [1.165, 1.54) is 0 Å². The molecule has 20 heavy (non-hydrogen) atoms. The van der Waals surface area contributed by atoms with Crippen molar-refractivity contribution in [1.82, 2.24) is 4.72 Å². The predicted octanol–water partition coefficient (Wildman–Crippen LogP) is 1.55. The van der Waals surface area contributed by atoms with Gasteiger partial charge in [0.1, 0.15) is 0 Å². The second-order valence-corrected chi connectivity index (χ2v) is 6.84. The maximum atomic E-state index is 12.4. The molecule has 0 spiro atoms. The highest BCUT2D eigenvalue weighted by atomic mass is 32.2. The van der Waals surface area contributed by atoms with Crippen molar-refractivity contribution < 1.29 is 13.2 Å². The number of hydrogen-bond acceptors (Lipinski definition) is 4. The van der Waals surface area contributed by atoms with Crippen LogP contribution in [0.4, 0.5) is 0 Å². The van der Waals surface area contributed by atoms with E-state index in [4.69, 9.17) is 10.5 Å². The second-order valence-electron chi connectivity index (χ2n) is 5.12. The van der Waals surface area contributed by atoms with E-state index in [0.29, 0.717) is 13.2 Å². The average molecular weight is 298 g/mol. The number of nitrogens with two attached hydrogens (primary N) is 1. The lowest BCUT2D eigenvalue weighted by Crippen LogP contribution is -2.40. The number of ether oxygens (including phenoxy) is 1. The zero-order valence-electron chi connectivity index (χ0n) is 11.7. The van der Waals surface area contributed by atoms with Gasteiger partial charge in [0.25, 0.3) is 0 Å². The minimum absolute atomic E-state index is 0.136. The third-order valence-electron chi connectivity index (χ3n) is 3.52. The smallest absolute Gasteiger partial charge is 0.240 e. The molecule has 0 aromatic heterocycles. The summed E-state index contributed by atoms with van der Waals surface area (Å²) >= 11 is 0. The molecule has 1 fully saturated rings. The summed E-state index contributed by atoms with van der Waals surface area (Å²) in [7, 11) is -3.51. The van der Waals surface area contributed by atoms with Crippen LogP contribution in [0.3, 0.4) is 0 Å². The molecule has 2 unspecified atom stereocenters. The number of sulfonamides is 1. The van der Waals surface area contributed by atoms with Gasteiger partial charge in [0.15, 0.2) is 0 Å². The van der Waals surface area contributed by atoms with E-state index in [1.807, 2.05) is 13.0 Å². The van der Waals surface area contributed by atoms with Crippen LogP contribution < -0.4 is 10.5 Å². The summed E-state index contributed by atoms with van der Waals surface area (Å²) in [5.74, 6) is 0. The van der Waals surface area contributed by atoms with Crippen LogP contribution in [0, 0.1) is 0 Å². The van der Waals surface area contributed by atoms with Crippen molar-refractivity contribution in [3.63, 3.8) is 0 Å². The monoisotopic (exact) mass is 298 g/mol. The Morgan fingerprint density at radius 2 is 2.30 bits per heavy atom. The molecule has 6 heteroatoms. The Kier molecular flexibility index (Phi) is 5.15. The van der Waals surface area contributed by atoms with Gasteiger partial charge in [-0.15, -0.1) is 0 Å². The first-order chi connectivity index (χ1) is 9.53. The maximum Gasteiger partial charge on any atom is 0.240 e. The Morgan fingerprint density at radius 1 is 1.50 bits per heavy atom. The van der Waals surface area contributed by atoms with Gasteiger partial charge in [0, 0.05) is 18.7 Å². The van der Waals surface area contributed by atoms with E-state index in [0.717, 1.165) is 24.8 Å². The van der Waals surface area contributed by atoms with Crippen LogP contribution >= 0.6 is 0 Å². The molecule has 1 aliphatic rings. The molecule has 1 saturated heterocycles. The highest BCUT2D eigenvalue weighted by Crippen LogP contribution is 2.19. The van der Waals surface area contributed by atoms with Gasteiger partial charge in [-0.3, -0.25) is 0 Å². The van der Waals surface area contributed by atoms with E-state index >= 15 is 0 Å². The van der Waals surface area contributed by atoms with Crippen molar-refractivity contribution in [3.05, 3.63) is 29.8 Å². The molecule has 0 radical (unpaired) electrons. The van der Waals surface area contributed by atoms with Crippen molar-refractivity contribution in [2.24, 2.45) is 5.73 Å². The quantitative estimate of drug-likeness (QED) is 0.864. The fourth-order valence-electron chi connectivity index (χ4n) is 2.27. The molecule has 112 valence electrons. The number of nitrogens with one attached hydrogen (secondary N) is 1. The van der Waals surface area contributed by atoms with Gasteiger partial charge in [0.05, 0.1) is 11.5 Å². The summed E-state index contributed by atoms with van der Waals surface area (Å²) in [5.41, 5.74) is 6.80. The molecule has 5 nitrogen and oxygen atoms in total. The summed E-state index contributed by atoms with van der Waals surface area (Å²) in [5, 5.41) is 0. The fourth-order valence-corrected chi connectivity index (χ4v) is 3.58. The van der Waals surface area contributed by atoms with Crippen molar-refractivity contribution >= 4 is 10.0 Å². The first-order valence-electron chi connectivity index (χ1n) is 6.98. The van der Waals surface area contributed by atoms with Gasteiger partial charge < -0.3 is 10.5 Å². The van der Waals surface area contributed by atoms with Gasteiger partial charge >= 0.3 is 0 Å². The molecule has 0 saturated carbocycles. The standard InChI is InChI=1S/C14H22N2O3S/c1-2-14(15)11-5-3-7-13(9-11)20(17,18)16-12-6-4-8-19-10-12/h3,5,7,9,12,14,16H,2,4,6,8,10,15H2,1H3. The molecule has 3 N–H and O–H groups in total. The Labute approximate surface area is 120 Å². The molecule has 1 aromatic carbocycles. The Bertz CT molecular complexity index is 539. The van der Waals surface area contributed by atoms with Crippen LogP contribution in [0.25, 0.3) is 0 Å². The van der Waals surface area contributed by atoms with E-state index in [2.05, 4.69) is 4.72 Å². The summed E-state index contributed by atoms with van der Waals surface area (Å²) in [6, 6.07) is 6.56. The summed E-state index contributed by atoms with van der Waals surface area (Å²) in [4.78, 5) is 0.268. The lowest BCUT2D eigenvalue weighted by Gasteiger charge is -2.23. The normalized spacial score (nSPS) is 21.6. The SMILES string of the molecule is CCC(N)c1cccc(S(=O)(=O)NC2CCCOC2)c1. The lowest BCUT2D eigenvalue weighted by atomic mass is 10.1. The Balaban J connectivity index is 2.16. The van der Waals surface area contributed by atoms with Crippen molar-refractivity contribution in [1.29, 1.82) is 0 Å². The lowest BCUT2D eigenvalue weighted by molar-refractivity contribution is 0.0774. The van der Waals surface area contributed by atoms with Gasteiger partial charge in [-0.1, -0.05) is 19.1 Å². The van der Waals surface area contributed by atoms with Crippen LogP contribution in [-0.4, -0.2) is 27.7 Å². The highest BCUT2D eigenvalue weighted by Gasteiger charge is 2.22. The Morgan fingerprint density at radius 3 is 2.95 bits per heavy atom. The topological polar surface area (TPSA) is 81.4 Å². The minimum atomic E-state index is -3.51. The fraction of sp³-hybridized carbons (Fsp3) is 0.571. The third kappa shape index (κ3) is 3.79. The average Bonchev–Trinajstić information content (AvgIpc) is 2.47. The molecule has 1 aromatic rings. The first kappa shape index (κ1) is 15.4. The van der Waals surface area contributed by atoms with Gasteiger partial charge in [-0.25, -0.2) is 13.1 Å². The van der Waals surface area contributed by atoms with E-state index < -0.39 is 10.0 Å². The predicted molar refractivity (Wildman–Crippen MR) is 77.8 cm³/mol. The number of benzene rings is 1. The van der Waals surface area contributed by atoms with E-state index in [9.17, 15) is 8.42 Å². The van der Waals surface area contributed by atoms with Gasteiger partial charge in [-0.05, 0) is 37.0 Å². The van der Waals surface area contributed by atoms with Gasteiger partial charge in [-0.2, -0.15) is 0 Å². The molecule has 2 rings (SSSR count). The van der Waals surface area contributed by atoms with Crippen LogP contribution in [-0.2, 0) is 14.8 Å². The van der Waals surface area contributed by atoms with Crippen molar-refractivity contribution in [2.75, 3.05) is 13.2 Å². The van der Waals surface area contributed by atoms with Crippen molar-refractivity contribution in [3.8, 4) is 0 Å². The first-order valence-corrected chi connectivity index (χ1v) is 8.47. The molecular weight excluding hydrogens is 276 g/mol. The zero-order valence-corrected chi connectivity index (χ0v) is 12.5. The molecule has 0 aliphatic carbocycles. The van der Waals surface area contributed by atoms with Crippen LogP contribution in [0.2, 0.25) is 0 Å². The second kappa shape index (κ2) is 6.67. The molecule has 0 bridgehead atoms. The number of hydrogen-bond donors (Lipinski definition) is 2. The van der Waals surface area contributed by atoms with Crippen LogP contribution in [0.1, 0.15) is 37.8 Å². The Hall–Kier alpha value is -0.950. The summed E-state index contributed by atoms with van der Waals surface area (Å²) in [6.07, 6.45) is 2.47. The van der Waals surface area contributed by atoms with Gasteiger partial charge in [0.2, 0.25) is 10.0 Å². The zero-order chi connectivity index (χ0) is 14.6. The van der Waals surface area contributed by atoms with Crippen LogP contribution in [0.5, 0.6) is 0 Å². The minimum Gasteiger partial charge on any atom is -0.380 e. The molecular formula is C14H22N2O3S. The molecule has 1 aliphatic heterocycles. The van der Waals surface area contributed by atoms with E-state index in [1.54, 1.807) is 18.2 Å². The van der Waals surface area contributed by atoms with E-state index in [-0.39, 0.29) is 17.0 Å². The number of rotatable bonds is 5. The third-order valence-corrected chi connectivity index (χ3v) is 5.04. The molecule has 1 heterocycles. The largest absolute Gasteiger partial charge is 0.380 e.